The minimum absolute atomic E-state index is 0.182. The van der Waals surface area contributed by atoms with Crippen LogP contribution in [-0.4, -0.2) is 39.3 Å². The average Bonchev–Trinajstić information content (AvgIpc) is 3.28. The van der Waals surface area contributed by atoms with Crippen molar-refractivity contribution >= 4 is 44.0 Å². The molecule has 0 aliphatic heterocycles. The van der Waals surface area contributed by atoms with Crippen molar-refractivity contribution in [3.8, 4) is 0 Å². The second kappa shape index (κ2) is 10.6. The molecule has 0 fully saturated rings. The van der Waals surface area contributed by atoms with E-state index in [9.17, 15) is 13.2 Å². The number of thioether (sulfide) groups is 1. The average molecular weight is 506 g/mol. The highest BCUT2D eigenvalue weighted by Crippen LogP contribution is 2.28. The predicted octanol–water partition coefficient (Wildman–Crippen LogP) is 4.33. The lowest BCUT2D eigenvalue weighted by Crippen LogP contribution is -2.25. The molecule has 0 aliphatic carbocycles. The number of amides is 1. The second-order valence-electron chi connectivity index (χ2n) is 7.53. The maximum Gasteiger partial charge on any atom is 0.239 e. The minimum Gasteiger partial charge on any atom is -0.301 e. The first-order chi connectivity index (χ1) is 15.6. The number of aromatic nitrogens is 4. The molecule has 33 heavy (non-hydrogen) atoms. The van der Waals surface area contributed by atoms with Gasteiger partial charge in [-0.25, -0.2) is 13.4 Å². The Morgan fingerprint density at radius 1 is 1.24 bits per heavy atom. The number of allylic oxidation sites excluding steroid dienone is 1. The fourth-order valence-electron chi connectivity index (χ4n) is 2.99. The number of hydrogen-bond donors (Lipinski definition) is 1. The standard InChI is InChI=1S/C22H27N5O3S3/c1-6-12-27-19(13-33(29,30)17-10-8-14(3)9-11-17)25-26-22(27)32-18(7-2)20(28)24-21-23-15(4)16(5)31-21/h6,8-11,18H,1,7,12-13H2,2-5H3,(H,23,24,28). The Hall–Kier alpha value is -2.50. The SMILES string of the molecule is C=CCn1c(CS(=O)(=O)c2ccc(C)cc2)nnc1SC(CC)C(=O)Nc1nc(C)c(C)s1. The summed E-state index contributed by atoms with van der Waals surface area (Å²) >= 11 is 2.68. The third-order valence-corrected chi connectivity index (χ3v) is 8.94. The molecule has 0 saturated heterocycles. The third-order valence-electron chi connectivity index (χ3n) is 4.97. The van der Waals surface area contributed by atoms with Gasteiger partial charge < -0.3 is 9.88 Å². The fraction of sp³-hybridized carbons (Fsp3) is 0.364. The van der Waals surface area contributed by atoms with E-state index < -0.39 is 15.1 Å². The van der Waals surface area contributed by atoms with Crippen molar-refractivity contribution in [1.29, 1.82) is 0 Å². The zero-order valence-corrected chi connectivity index (χ0v) is 21.5. The maximum atomic E-state index is 12.9. The van der Waals surface area contributed by atoms with Crippen LogP contribution in [0.4, 0.5) is 5.13 Å². The van der Waals surface area contributed by atoms with Crippen LogP contribution in [0.15, 0.2) is 47.0 Å². The molecule has 0 radical (unpaired) electrons. The minimum atomic E-state index is -3.60. The molecule has 2 heterocycles. The smallest absolute Gasteiger partial charge is 0.239 e. The highest BCUT2D eigenvalue weighted by atomic mass is 32.2. The lowest BCUT2D eigenvalue weighted by atomic mass is 10.2. The molecule has 0 saturated carbocycles. The molecule has 176 valence electrons. The number of anilines is 1. The van der Waals surface area contributed by atoms with E-state index in [0.717, 1.165) is 16.1 Å². The van der Waals surface area contributed by atoms with Gasteiger partial charge >= 0.3 is 0 Å². The topological polar surface area (TPSA) is 107 Å². The molecule has 1 aromatic carbocycles. The summed E-state index contributed by atoms with van der Waals surface area (Å²) in [6.45, 7) is 11.8. The van der Waals surface area contributed by atoms with Crippen molar-refractivity contribution in [3.05, 3.63) is 58.9 Å². The van der Waals surface area contributed by atoms with Gasteiger partial charge in [0.25, 0.3) is 0 Å². The van der Waals surface area contributed by atoms with E-state index in [0.29, 0.717) is 29.1 Å². The number of rotatable bonds is 10. The van der Waals surface area contributed by atoms with E-state index in [2.05, 4.69) is 27.1 Å². The van der Waals surface area contributed by atoms with Crippen LogP contribution in [0.2, 0.25) is 0 Å². The molecular weight excluding hydrogens is 478 g/mol. The van der Waals surface area contributed by atoms with Crippen molar-refractivity contribution in [2.75, 3.05) is 5.32 Å². The van der Waals surface area contributed by atoms with Gasteiger partial charge in [0.15, 0.2) is 20.1 Å². The van der Waals surface area contributed by atoms with E-state index in [1.807, 2.05) is 27.7 Å². The van der Waals surface area contributed by atoms with Crippen molar-refractivity contribution in [1.82, 2.24) is 19.7 Å². The van der Waals surface area contributed by atoms with Gasteiger partial charge in [0.2, 0.25) is 5.91 Å². The number of aryl methyl sites for hydroxylation is 3. The van der Waals surface area contributed by atoms with Crippen LogP contribution in [0.25, 0.3) is 0 Å². The van der Waals surface area contributed by atoms with E-state index >= 15 is 0 Å². The molecule has 1 atom stereocenters. The highest BCUT2D eigenvalue weighted by Gasteiger charge is 2.25. The Morgan fingerprint density at radius 2 is 1.94 bits per heavy atom. The molecule has 3 rings (SSSR count). The summed E-state index contributed by atoms with van der Waals surface area (Å²) in [6.07, 6.45) is 2.20. The number of benzene rings is 1. The van der Waals surface area contributed by atoms with Crippen LogP contribution in [-0.2, 0) is 26.9 Å². The summed E-state index contributed by atoms with van der Waals surface area (Å²) in [6, 6.07) is 6.71. The normalized spacial score (nSPS) is 12.5. The number of sulfone groups is 1. The van der Waals surface area contributed by atoms with Crippen molar-refractivity contribution in [2.45, 2.75) is 61.7 Å². The Morgan fingerprint density at radius 3 is 2.52 bits per heavy atom. The van der Waals surface area contributed by atoms with Gasteiger partial charge in [-0.15, -0.1) is 28.1 Å². The van der Waals surface area contributed by atoms with Crippen molar-refractivity contribution in [2.24, 2.45) is 0 Å². The van der Waals surface area contributed by atoms with Crippen LogP contribution in [0.5, 0.6) is 0 Å². The Bertz CT molecular complexity index is 1230. The largest absolute Gasteiger partial charge is 0.301 e. The number of carbonyl (C=O) groups excluding carboxylic acids is 1. The van der Waals surface area contributed by atoms with Crippen molar-refractivity contribution in [3.63, 3.8) is 0 Å². The lowest BCUT2D eigenvalue weighted by Gasteiger charge is -2.14. The highest BCUT2D eigenvalue weighted by molar-refractivity contribution is 8.00. The van der Waals surface area contributed by atoms with Crippen LogP contribution < -0.4 is 5.32 Å². The van der Waals surface area contributed by atoms with Crippen molar-refractivity contribution < 1.29 is 13.2 Å². The zero-order valence-electron chi connectivity index (χ0n) is 19.0. The quantitative estimate of drug-likeness (QED) is 0.323. The van der Waals surface area contributed by atoms with Gasteiger partial charge in [0.1, 0.15) is 11.6 Å². The molecule has 0 aliphatic rings. The number of nitrogens with zero attached hydrogens (tertiary/aromatic N) is 4. The first kappa shape index (κ1) is 25.1. The van der Waals surface area contributed by atoms with Crippen LogP contribution >= 0.6 is 23.1 Å². The first-order valence-corrected chi connectivity index (χ1v) is 13.7. The summed E-state index contributed by atoms with van der Waals surface area (Å²) in [5.41, 5.74) is 1.87. The van der Waals surface area contributed by atoms with Gasteiger partial charge in [-0.3, -0.25) is 4.79 Å². The van der Waals surface area contributed by atoms with Crippen LogP contribution in [0.1, 0.15) is 35.3 Å². The lowest BCUT2D eigenvalue weighted by molar-refractivity contribution is -0.115. The molecule has 0 spiro atoms. The fourth-order valence-corrected chi connectivity index (χ4v) is 6.06. The van der Waals surface area contributed by atoms with E-state index in [4.69, 9.17) is 0 Å². The Labute approximate surface area is 202 Å². The molecule has 1 N–H and O–H groups in total. The van der Waals surface area contributed by atoms with Gasteiger partial charge in [-0.2, -0.15) is 0 Å². The summed E-state index contributed by atoms with van der Waals surface area (Å²) < 4.78 is 27.5. The zero-order chi connectivity index (χ0) is 24.2. The van der Waals surface area contributed by atoms with Gasteiger partial charge in [-0.1, -0.05) is 42.5 Å². The molecular formula is C22H27N5O3S3. The molecule has 8 nitrogen and oxygen atoms in total. The molecule has 11 heteroatoms. The molecule has 2 aromatic heterocycles. The molecule has 0 bridgehead atoms. The summed E-state index contributed by atoms with van der Waals surface area (Å²) in [5, 5.41) is 11.8. The first-order valence-electron chi connectivity index (χ1n) is 10.4. The Kier molecular flexibility index (Phi) is 8.09. The number of thiazole rings is 1. The third kappa shape index (κ3) is 6.10. The number of hydrogen-bond acceptors (Lipinski definition) is 8. The van der Waals surface area contributed by atoms with E-state index in [1.165, 1.54) is 23.1 Å². The monoisotopic (exact) mass is 505 g/mol. The number of nitrogens with one attached hydrogen (secondary N) is 1. The van der Waals surface area contributed by atoms with Gasteiger partial charge in [-0.05, 0) is 39.3 Å². The summed E-state index contributed by atoms with van der Waals surface area (Å²) in [4.78, 5) is 18.5. The van der Waals surface area contributed by atoms with Gasteiger partial charge in [0.05, 0.1) is 15.8 Å². The second-order valence-corrected chi connectivity index (χ2v) is 11.9. The van der Waals surface area contributed by atoms with E-state index in [1.54, 1.807) is 34.9 Å². The van der Waals surface area contributed by atoms with Crippen LogP contribution in [0.3, 0.4) is 0 Å². The molecule has 1 unspecified atom stereocenters. The molecule has 3 aromatic rings. The number of carbonyl (C=O) groups is 1. The Balaban J connectivity index is 1.80. The molecule has 1 amide bonds. The van der Waals surface area contributed by atoms with Gasteiger partial charge in [0, 0.05) is 11.4 Å². The predicted molar refractivity (Wildman–Crippen MR) is 132 cm³/mol. The van der Waals surface area contributed by atoms with Crippen LogP contribution in [0, 0.1) is 20.8 Å². The van der Waals surface area contributed by atoms with E-state index in [-0.39, 0.29) is 16.6 Å². The maximum absolute atomic E-state index is 12.9. The summed E-state index contributed by atoms with van der Waals surface area (Å²) in [7, 11) is -3.60. The summed E-state index contributed by atoms with van der Waals surface area (Å²) in [5.74, 6) is -0.171.